The van der Waals surface area contributed by atoms with Gasteiger partial charge in [-0.05, 0) is 63.2 Å². The van der Waals surface area contributed by atoms with Crippen LogP contribution >= 0.6 is 0 Å². The Morgan fingerprint density at radius 1 is 1.31 bits per heavy atom. The quantitative estimate of drug-likeness (QED) is 0.401. The predicted octanol–water partition coefficient (Wildman–Crippen LogP) is 3.34. The number of sulfone groups is 1. The summed E-state index contributed by atoms with van der Waals surface area (Å²) in [6.07, 6.45) is 8.73. The number of hydrogen-bond acceptors (Lipinski definition) is 6. The number of hydrazine groups is 1. The number of allylic oxidation sites excluding steroid dienone is 3. The molecule has 0 amide bonds. The smallest absolute Gasteiger partial charge is 0.307 e. The van der Waals surface area contributed by atoms with E-state index in [0.717, 1.165) is 45.3 Å². The molecule has 7 nitrogen and oxygen atoms in total. The first-order valence-electron chi connectivity index (χ1n) is 12.0. The second-order valence-electron chi connectivity index (χ2n) is 9.63. The summed E-state index contributed by atoms with van der Waals surface area (Å²) in [5.41, 5.74) is 3.34. The number of aliphatic carboxylic acids is 1. The van der Waals surface area contributed by atoms with Crippen LogP contribution in [-0.2, 0) is 19.4 Å². The Kier molecular flexibility index (Phi) is 8.69. The summed E-state index contributed by atoms with van der Waals surface area (Å²) in [7, 11) is -3.16. The number of rotatable bonds is 13. The molecule has 0 bridgehead atoms. The third-order valence-corrected chi connectivity index (χ3v) is 9.67. The van der Waals surface area contributed by atoms with E-state index in [1.807, 2.05) is 6.08 Å². The first kappa shape index (κ1) is 25.1. The van der Waals surface area contributed by atoms with Crippen LogP contribution in [0.5, 0.6) is 0 Å². The zero-order valence-corrected chi connectivity index (χ0v) is 20.0. The molecule has 0 spiro atoms. The molecule has 0 aromatic heterocycles. The molecule has 8 heteroatoms. The molecule has 1 saturated heterocycles. The number of carboxylic acids is 1. The maximum Gasteiger partial charge on any atom is 0.307 e. The van der Waals surface area contributed by atoms with Gasteiger partial charge >= 0.3 is 5.97 Å². The maximum atomic E-state index is 13.4. The average molecular weight is 467 g/mol. The molecule has 3 aliphatic rings. The van der Waals surface area contributed by atoms with E-state index in [9.17, 15) is 23.1 Å². The minimum Gasteiger partial charge on any atom is -0.481 e. The molecular weight excluding hydrogens is 428 g/mol. The Labute approximate surface area is 192 Å². The number of carbonyl (C=O) groups is 2. The van der Waals surface area contributed by atoms with Gasteiger partial charge in [-0.15, -0.1) is 6.58 Å². The van der Waals surface area contributed by atoms with Gasteiger partial charge in [0.2, 0.25) is 0 Å². The van der Waals surface area contributed by atoms with Gasteiger partial charge in [-0.25, -0.2) is 13.4 Å². The van der Waals surface area contributed by atoms with Crippen LogP contribution in [0.3, 0.4) is 0 Å². The summed E-state index contributed by atoms with van der Waals surface area (Å²) >= 11 is 0. The number of Topliss-reactive ketones (excluding diaryl/α,β-unsaturated/α-hetero) is 1. The lowest BCUT2D eigenvalue weighted by Gasteiger charge is -2.31. The number of nitrogens with zero attached hydrogens (tertiary/aromatic N) is 1. The van der Waals surface area contributed by atoms with Gasteiger partial charge in [0.15, 0.2) is 9.84 Å². The minimum absolute atomic E-state index is 0.00745. The molecule has 0 aromatic rings. The molecule has 3 rings (SSSR count). The number of carbonyl (C=O) groups excluding carboxylic acids is 1. The van der Waals surface area contributed by atoms with Crippen LogP contribution in [0, 0.1) is 23.7 Å². The van der Waals surface area contributed by atoms with Crippen molar-refractivity contribution in [2.45, 2.75) is 70.0 Å². The van der Waals surface area contributed by atoms with Crippen LogP contribution in [-0.4, -0.2) is 55.2 Å². The standard InChI is InChI=1S/C24H38N2O5S/c1-3-5-19(24(28)29)15-23(27)22(14-17-12-13-26(16-17)25-4-2)18-6-8-20(9-7-18)32(30,31)21-10-11-21/h3,8,17-19,21-22,25H,1,4-7,9-16H2,2H3,(H,28,29)/t17-,18-,19?,22-/m1/s1. The van der Waals surface area contributed by atoms with E-state index in [2.05, 4.69) is 23.9 Å². The summed E-state index contributed by atoms with van der Waals surface area (Å²) in [6, 6.07) is 0. The summed E-state index contributed by atoms with van der Waals surface area (Å²) in [4.78, 5) is 25.5. The molecule has 1 unspecified atom stereocenters. The highest BCUT2D eigenvalue weighted by Crippen LogP contribution is 2.41. The number of carboxylic acid groups (broad SMARTS) is 1. The minimum atomic E-state index is -3.16. The second kappa shape index (κ2) is 11.1. The molecular formula is C24H38N2O5S. The predicted molar refractivity (Wildman–Crippen MR) is 124 cm³/mol. The normalized spacial score (nSPS) is 26.3. The van der Waals surface area contributed by atoms with Crippen LogP contribution in [0.4, 0.5) is 0 Å². The van der Waals surface area contributed by atoms with Crippen LogP contribution in [0.1, 0.15) is 64.7 Å². The largest absolute Gasteiger partial charge is 0.481 e. The molecule has 1 aliphatic heterocycles. The van der Waals surface area contributed by atoms with Crippen molar-refractivity contribution in [1.82, 2.24) is 10.4 Å². The highest BCUT2D eigenvalue weighted by Gasteiger charge is 2.41. The van der Waals surface area contributed by atoms with Crippen molar-refractivity contribution < 1.29 is 23.1 Å². The van der Waals surface area contributed by atoms with E-state index < -0.39 is 21.7 Å². The van der Waals surface area contributed by atoms with Crippen molar-refractivity contribution in [3.63, 3.8) is 0 Å². The van der Waals surface area contributed by atoms with Crippen LogP contribution < -0.4 is 5.43 Å². The number of hydrogen-bond donors (Lipinski definition) is 2. The monoisotopic (exact) mass is 466 g/mol. The first-order valence-corrected chi connectivity index (χ1v) is 13.6. The van der Waals surface area contributed by atoms with E-state index in [1.165, 1.54) is 0 Å². The van der Waals surface area contributed by atoms with Crippen LogP contribution in [0.2, 0.25) is 0 Å². The molecule has 2 aliphatic carbocycles. The summed E-state index contributed by atoms with van der Waals surface area (Å²) in [6.45, 7) is 8.39. The lowest BCUT2D eigenvalue weighted by Crippen LogP contribution is -2.36. The van der Waals surface area contributed by atoms with Crippen LogP contribution in [0.15, 0.2) is 23.6 Å². The third kappa shape index (κ3) is 6.29. The Hall–Kier alpha value is -1.51. The van der Waals surface area contributed by atoms with E-state index in [0.29, 0.717) is 30.1 Å². The number of ketones is 1. The van der Waals surface area contributed by atoms with Gasteiger partial charge in [0, 0.05) is 36.9 Å². The highest BCUT2D eigenvalue weighted by molar-refractivity contribution is 7.96. The summed E-state index contributed by atoms with van der Waals surface area (Å²) in [5.74, 6) is -1.46. The average Bonchev–Trinajstić information content (AvgIpc) is 3.53. The van der Waals surface area contributed by atoms with Gasteiger partial charge in [-0.2, -0.15) is 0 Å². The fraction of sp³-hybridized carbons (Fsp3) is 0.750. The van der Waals surface area contributed by atoms with Crippen molar-refractivity contribution in [2.75, 3.05) is 19.6 Å². The third-order valence-electron chi connectivity index (χ3n) is 7.22. The Bertz CT molecular complexity index is 833. The van der Waals surface area contributed by atoms with Crippen molar-refractivity contribution in [3.05, 3.63) is 23.6 Å². The van der Waals surface area contributed by atoms with E-state index in [1.54, 1.807) is 6.08 Å². The van der Waals surface area contributed by atoms with E-state index >= 15 is 0 Å². The Morgan fingerprint density at radius 3 is 2.62 bits per heavy atom. The molecule has 180 valence electrons. The Balaban J connectivity index is 1.71. The molecule has 1 heterocycles. The zero-order valence-electron chi connectivity index (χ0n) is 19.2. The molecule has 0 aromatic carbocycles. The van der Waals surface area contributed by atoms with Crippen molar-refractivity contribution in [2.24, 2.45) is 23.7 Å². The molecule has 1 saturated carbocycles. The van der Waals surface area contributed by atoms with Gasteiger partial charge in [0.25, 0.3) is 0 Å². The number of nitrogens with one attached hydrogen (secondary N) is 1. The van der Waals surface area contributed by atoms with Crippen LogP contribution in [0.25, 0.3) is 0 Å². The second-order valence-corrected chi connectivity index (χ2v) is 11.9. The summed E-state index contributed by atoms with van der Waals surface area (Å²) < 4.78 is 25.2. The lowest BCUT2D eigenvalue weighted by atomic mass is 9.74. The zero-order chi connectivity index (χ0) is 23.3. The van der Waals surface area contributed by atoms with Gasteiger partial charge in [0.05, 0.1) is 11.2 Å². The molecule has 32 heavy (non-hydrogen) atoms. The van der Waals surface area contributed by atoms with Gasteiger partial charge in [-0.1, -0.05) is 19.1 Å². The van der Waals surface area contributed by atoms with Gasteiger partial charge < -0.3 is 5.11 Å². The molecule has 2 fully saturated rings. The lowest BCUT2D eigenvalue weighted by molar-refractivity contribution is -0.144. The molecule has 4 atom stereocenters. The van der Waals surface area contributed by atoms with Crippen molar-refractivity contribution in [3.8, 4) is 0 Å². The van der Waals surface area contributed by atoms with E-state index in [4.69, 9.17) is 0 Å². The Morgan fingerprint density at radius 2 is 2.06 bits per heavy atom. The fourth-order valence-corrected chi connectivity index (χ4v) is 7.17. The first-order chi connectivity index (χ1) is 15.3. The van der Waals surface area contributed by atoms with Crippen molar-refractivity contribution >= 4 is 21.6 Å². The maximum absolute atomic E-state index is 13.4. The van der Waals surface area contributed by atoms with Crippen molar-refractivity contribution in [1.29, 1.82) is 0 Å². The highest BCUT2D eigenvalue weighted by atomic mass is 32.2. The SMILES string of the molecule is C=CCC(CC(=O)[C@H](C[C@H]1CCN(NCC)C1)[C@@H]1CC=C(S(=O)(=O)C2CC2)CC1)C(=O)O. The van der Waals surface area contributed by atoms with E-state index in [-0.39, 0.29) is 35.7 Å². The fourth-order valence-electron chi connectivity index (χ4n) is 5.25. The molecule has 2 N–H and O–H groups in total. The molecule has 0 radical (unpaired) electrons. The van der Waals surface area contributed by atoms with Gasteiger partial charge in [-0.3, -0.25) is 15.0 Å². The van der Waals surface area contributed by atoms with Gasteiger partial charge in [0.1, 0.15) is 5.78 Å². The topological polar surface area (TPSA) is 104 Å². The summed E-state index contributed by atoms with van der Waals surface area (Å²) in [5, 5.41) is 11.5.